The van der Waals surface area contributed by atoms with Gasteiger partial charge < -0.3 is 0 Å². The van der Waals surface area contributed by atoms with Gasteiger partial charge in [-0.2, -0.15) is 0 Å². The van der Waals surface area contributed by atoms with E-state index in [0.29, 0.717) is 17.8 Å². The molecule has 0 aromatic rings. The molecule has 0 heterocycles. The normalized spacial score (nSPS) is 16.9. The van der Waals surface area contributed by atoms with Gasteiger partial charge in [0.25, 0.3) is 0 Å². The van der Waals surface area contributed by atoms with Gasteiger partial charge in [-0.1, -0.05) is 31.6 Å². The van der Waals surface area contributed by atoms with Crippen LogP contribution in [-0.2, 0) is 0 Å². The van der Waals surface area contributed by atoms with Gasteiger partial charge in [0, 0.05) is 0 Å². The lowest BCUT2D eigenvalue weighted by molar-refractivity contribution is 0.338. The Morgan fingerprint density at radius 3 is 2.29 bits per heavy atom. The molecule has 0 rings (SSSR count). The van der Waals surface area contributed by atoms with Crippen molar-refractivity contribution in [3.8, 4) is 0 Å². The molecule has 0 aliphatic rings. The first-order valence-electron chi connectivity index (χ1n) is 5.58. The molecule has 3 unspecified atom stereocenters. The van der Waals surface area contributed by atoms with Crippen LogP contribution in [0, 0.1) is 24.7 Å². The summed E-state index contributed by atoms with van der Waals surface area (Å²) < 4.78 is 0. The number of allylic oxidation sites excluding steroid dienone is 3. The third kappa shape index (κ3) is 5.26. The molecule has 0 nitrogen and oxygen atoms in total. The molecular weight excluding hydrogens is 168 g/mol. The maximum Gasteiger partial charge on any atom is -0.0234 e. The Morgan fingerprint density at radius 2 is 1.86 bits per heavy atom. The Labute approximate surface area is 90.1 Å². The van der Waals surface area contributed by atoms with E-state index in [1.165, 1.54) is 18.4 Å². The highest BCUT2D eigenvalue weighted by atomic mass is 14.2. The average Bonchev–Trinajstić information content (AvgIpc) is 2.14. The van der Waals surface area contributed by atoms with Gasteiger partial charge in [-0.25, -0.2) is 0 Å². The quantitative estimate of drug-likeness (QED) is 0.539. The summed E-state index contributed by atoms with van der Waals surface area (Å²) in [6.07, 6.45) is 6.73. The third-order valence-corrected chi connectivity index (χ3v) is 2.95. The smallest absolute Gasteiger partial charge is 0.0234 e. The van der Waals surface area contributed by atoms with E-state index in [1.54, 1.807) is 0 Å². The van der Waals surface area contributed by atoms with E-state index < -0.39 is 0 Å². The van der Waals surface area contributed by atoms with Crippen LogP contribution in [0.3, 0.4) is 0 Å². The predicted molar refractivity (Wildman–Crippen MR) is 66.0 cm³/mol. The molecule has 0 spiro atoms. The van der Waals surface area contributed by atoms with Gasteiger partial charge >= 0.3 is 0 Å². The number of hydrogen-bond donors (Lipinski definition) is 0. The molecule has 0 aromatic carbocycles. The predicted octanol–water partition coefficient (Wildman–Crippen LogP) is 4.64. The summed E-state index contributed by atoms with van der Waals surface area (Å²) in [7, 11) is 0. The molecule has 0 saturated heterocycles. The second-order valence-corrected chi connectivity index (χ2v) is 4.59. The molecule has 0 saturated carbocycles. The van der Waals surface area contributed by atoms with E-state index >= 15 is 0 Å². The molecule has 81 valence electrons. The van der Waals surface area contributed by atoms with Gasteiger partial charge in [-0.05, 0) is 51.4 Å². The molecule has 3 atom stereocenters. The molecule has 0 aliphatic carbocycles. The maximum atomic E-state index is 4.21. The molecule has 1 radical (unpaired) electrons. The largest absolute Gasteiger partial charge is 0.103 e. The Bertz CT molecular complexity index is 184. The van der Waals surface area contributed by atoms with Crippen LogP contribution in [0.25, 0.3) is 0 Å². The summed E-state index contributed by atoms with van der Waals surface area (Å²) in [5, 5.41) is 0. The fraction of sp³-hybridized carbons (Fsp3) is 0.643. The maximum absolute atomic E-state index is 4.21. The topological polar surface area (TPSA) is 0 Å². The van der Waals surface area contributed by atoms with E-state index in [0.717, 1.165) is 0 Å². The van der Waals surface area contributed by atoms with Crippen molar-refractivity contribution in [2.75, 3.05) is 0 Å². The van der Waals surface area contributed by atoms with Crippen LogP contribution < -0.4 is 0 Å². The Kier molecular flexibility index (Phi) is 6.61. The monoisotopic (exact) mass is 193 g/mol. The van der Waals surface area contributed by atoms with E-state index in [2.05, 4.69) is 47.3 Å². The molecule has 0 aromatic heterocycles. The summed E-state index contributed by atoms with van der Waals surface area (Å²) in [5.74, 6) is 1.70. The lowest BCUT2D eigenvalue weighted by atomic mass is 9.82. The summed E-state index contributed by atoms with van der Waals surface area (Å²) >= 11 is 0. The van der Waals surface area contributed by atoms with Crippen molar-refractivity contribution in [1.29, 1.82) is 0 Å². The molecule has 0 bridgehead atoms. The van der Waals surface area contributed by atoms with Crippen molar-refractivity contribution in [3.63, 3.8) is 0 Å². The van der Waals surface area contributed by atoms with Crippen molar-refractivity contribution in [2.24, 2.45) is 17.8 Å². The highest BCUT2D eigenvalue weighted by Gasteiger charge is 2.15. The first-order valence-corrected chi connectivity index (χ1v) is 5.58. The second-order valence-electron chi connectivity index (χ2n) is 4.59. The van der Waals surface area contributed by atoms with Gasteiger partial charge in [0.1, 0.15) is 0 Å². The second kappa shape index (κ2) is 6.86. The van der Waals surface area contributed by atoms with Gasteiger partial charge in [0.2, 0.25) is 0 Å². The zero-order valence-electron chi connectivity index (χ0n) is 10.2. The standard InChI is InChI=1S/C14H25/c1-7-12(4)14(6)13(5)10-8-9-11(2)3/h7,9,12-14H,1,6,8,10H2,2-5H3. The minimum absolute atomic E-state index is 0.498. The van der Waals surface area contributed by atoms with Crippen molar-refractivity contribution >= 4 is 0 Å². The van der Waals surface area contributed by atoms with E-state index in [4.69, 9.17) is 0 Å². The first-order chi connectivity index (χ1) is 6.49. The number of hydrogen-bond acceptors (Lipinski definition) is 0. The summed E-state index contributed by atoms with van der Waals surface area (Å²) in [5.41, 5.74) is 1.41. The molecule has 0 aliphatic heterocycles. The minimum Gasteiger partial charge on any atom is -0.103 e. The van der Waals surface area contributed by atoms with E-state index in [-0.39, 0.29) is 0 Å². The Morgan fingerprint density at radius 1 is 1.29 bits per heavy atom. The van der Waals surface area contributed by atoms with Crippen LogP contribution in [0.1, 0.15) is 40.5 Å². The van der Waals surface area contributed by atoms with E-state index in [9.17, 15) is 0 Å². The van der Waals surface area contributed by atoms with Crippen LogP contribution in [-0.4, -0.2) is 0 Å². The van der Waals surface area contributed by atoms with Crippen LogP contribution in [0.15, 0.2) is 24.3 Å². The SMILES string of the molecule is [CH2]C(C(C)C=C)C(C)CCC=C(C)C. The Balaban J connectivity index is 3.89. The van der Waals surface area contributed by atoms with E-state index in [1.807, 2.05) is 6.08 Å². The lowest BCUT2D eigenvalue weighted by Crippen LogP contribution is -2.15. The van der Waals surface area contributed by atoms with Gasteiger partial charge in [0.05, 0.1) is 0 Å². The zero-order valence-corrected chi connectivity index (χ0v) is 10.2. The van der Waals surface area contributed by atoms with Gasteiger partial charge in [-0.15, -0.1) is 6.58 Å². The molecule has 0 fully saturated rings. The number of rotatable bonds is 6. The highest BCUT2D eigenvalue weighted by molar-refractivity contribution is 4.93. The van der Waals surface area contributed by atoms with Crippen LogP contribution in [0.5, 0.6) is 0 Å². The van der Waals surface area contributed by atoms with Crippen molar-refractivity contribution in [2.45, 2.75) is 40.5 Å². The summed E-state index contributed by atoms with van der Waals surface area (Å²) in [6.45, 7) is 16.8. The summed E-state index contributed by atoms with van der Waals surface area (Å²) in [6, 6.07) is 0. The minimum atomic E-state index is 0.498. The lowest BCUT2D eigenvalue weighted by Gasteiger charge is -2.23. The van der Waals surface area contributed by atoms with Crippen molar-refractivity contribution in [1.82, 2.24) is 0 Å². The van der Waals surface area contributed by atoms with Crippen LogP contribution in [0.2, 0.25) is 0 Å². The first kappa shape index (κ1) is 13.5. The third-order valence-electron chi connectivity index (χ3n) is 2.95. The fourth-order valence-corrected chi connectivity index (χ4v) is 1.54. The molecule has 0 heteroatoms. The molecule has 0 amide bonds. The van der Waals surface area contributed by atoms with Gasteiger partial charge in [-0.3, -0.25) is 0 Å². The average molecular weight is 193 g/mol. The molecular formula is C14H25. The highest BCUT2D eigenvalue weighted by Crippen LogP contribution is 2.24. The van der Waals surface area contributed by atoms with Crippen molar-refractivity contribution in [3.05, 3.63) is 31.2 Å². The van der Waals surface area contributed by atoms with Crippen molar-refractivity contribution < 1.29 is 0 Å². The summed E-state index contributed by atoms with van der Waals surface area (Å²) in [4.78, 5) is 0. The zero-order chi connectivity index (χ0) is 11.1. The van der Waals surface area contributed by atoms with Gasteiger partial charge in [0.15, 0.2) is 0 Å². The molecule has 14 heavy (non-hydrogen) atoms. The van der Waals surface area contributed by atoms with Crippen LogP contribution >= 0.6 is 0 Å². The van der Waals surface area contributed by atoms with Crippen LogP contribution in [0.4, 0.5) is 0 Å². The Hall–Kier alpha value is -0.520. The molecule has 0 N–H and O–H groups in total. The fourth-order valence-electron chi connectivity index (χ4n) is 1.54.